The van der Waals surface area contributed by atoms with Gasteiger partial charge in [0, 0.05) is 19.6 Å². The highest BCUT2D eigenvalue weighted by Crippen LogP contribution is 2.27. The van der Waals surface area contributed by atoms with Crippen molar-refractivity contribution in [2.75, 3.05) is 7.11 Å². The van der Waals surface area contributed by atoms with Crippen LogP contribution in [0.5, 0.6) is 0 Å². The molecule has 0 amide bonds. The smallest absolute Gasteiger partial charge is 0.323 e. The first-order valence-electron chi connectivity index (χ1n) is 6.85. The summed E-state index contributed by atoms with van der Waals surface area (Å²) >= 11 is 0. The Balaban J connectivity index is 2.70. The first kappa shape index (κ1) is 15.4. The second-order valence-electron chi connectivity index (χ2n) is 6.26. The van der Waals surface area contributed by atoms with Crippen LogP contribution in [0.15, 0.2) is 0 Å². The minimum atomic E-state index is -0.915. The van der Waals surface area contributed by atoms with Crippen molar-refractivity contribution in [3.63, 3.8) is 0 Å². The molecule has 0 bridgehead atoms. The molecule has 1 rings (SSSR count). The number of rotatable bonds is 6. The van der Waals surface area contributed by atoms with Crippen molar-refractivity contribution in [2.45, 2.75) is 76.5 Å². The third-order valence-corrected chi connectivity index (χ3v) is 3.93. The Morgan fingerprint density at radius 2 is 1.83 bits per heavy atom. The number of aliphatic carboxylic acids is 1. The lowest BCUT2D eigenvalue weighted by Crippen LogP contribution is -2.57. The number of carboxylic acids is 1. The molecule has 0 saturated heterocycles. The lowest BCUT2D eigenvalue weighted by atomic mass is 9.85. The van der Waals surface area contributed by atoms with Gasteiger partial charge in [-0.1, -0.05) is 19.3 Å². The van der Waals surface area contributed by atoms with E-state index in [9.17, 15) is 9.90 Å². The summed E-state index contributed by atoms with van der Waals surface area (Å²) in [6.07, 6.45) is 6.28. The molecular formula is C14H27NO3. The normalized spacial score (nSPS) is 21.6. The quantitative estimate of drug-likeness (QED) is 0.768. The van der Waals surface area contributed by atoms with Gasteiger partial charge in [0.2, 0.25) is 0 Å². The summed E-state index contributed by atoms with van der Waals surface area (Å²) in [5.41, 5.74) is -1.35. The SMILES string of the molecule is COC(C)(C)CC(C)(NC1CCCCC1)C(=O)O. The Kier molecular flexibility index (Phi) is 5.17. The van der Waals surface area contributed by atoms with Gasteiger partial charge in [-0.3, -0.25) is 10.1 Å². The molecule has 4 nitrogen and oxygen atoms in total. The zero-order valence-electron chi connectivity index (χ0n) is 12.1. The van der Waals surface area contributed by atoms with E-state index in [0.717, 1.165) is 12.8 Å². The van der Waals surface area contributed by atoms with Crippen LogP contribution in [0.2, 0.25) is 0 Å². The molecule has 0 aromatic rings. The number of carbonyl (C=O) groups is 1. The topological polar surface area (TPSA) is 58.6 Å². The largest absolute Gasteiger partial charge is 0.480 e. The van der Waals surface area contributed by atoms with Crippen molar-refractivity contribution in [1.29, 1.82) is 0 Å². The molecule has 2 N–H and O–H groups in total. The number of hydrogen-bond acceptors (Lipinski definition) is 3. The predicted molar refractivity (Wildman–Crippen MR) is 71.8 cm³/mol. The Hall–Kier alpha value is -0.610. The second-order valence-corrected chi connectivity index (χ2v) is 6.26. The minimum absolute atomic E-state index is 0.326. The standard InChI is InChI=1S/C14H27NO3/c1-13(2,18-4)10-14(3,12(16)17)15-11-8-6-5-7-9-11/h11,15H,5-10H2,1-4H3,(H,16,17). The maximum Gasteiger partial charge on any atom is 0.323 e. The highest BCUT2D eigenvalue weighted by molar-refractivity contribution is 5.78. The fourth-order valence-electron chi connectivity index (χ4n) is 2.81. The van der Waals surface area contributed by atoms with Crippen LogP contribution in [0.3, 0.4) is 0 Å². The van der Waals surface area contributed by atoms with E-state index in [4.69, 9.17) is 4.74 Å². The fraction of sp³-hybridized carbons (Fsp3) is 0.929. The average Bonchev–Trinajstić information content (AvgIpc) is 2.29. The summed E-state index contributed by atoms with van der Waals surface area (Å²) in [6, 6.07) is 0.326. The molecule has 1 unspecified atom stereocenters. The molecule has 0 heterocycles. The Morgan fingerprint density at radius 3 is 2.28 bits per heavy atom. The van der Waals surface area contributed by atoms with Crippen LogP contribution in [-0.2, 0) is 9.53 Å². The summed E-state index contributed by atoms with van der Waals surface area (Å²) in [6.45, 7) is 5.62. The maximum atomic E-state index is 11.6. The summed E-state index contributed by atoms with van der Waals surface area (Å²) in [4.78, 5) is 11.6. The molecule has 1 aliphatic carbocycles. The zero-order valence-corrected chi connectivity index (χ0v) is 12.1. The average molecular weight is 257 g/mol. The van der Waals surface area contributed by atoms with Gasteiger partial charge in [0.15, 0.2) is 0 Å². The van der Waals surface area contributed by atoms with Crippen LogP contribution in [0.1, 0.15) is 59.3 Å². The highest BCUT2D eigenvalue weighted by Gasteiger charge is 2.40. The number of methoxy groups -OCH3 is 1. The molecule has 1 atom stereocenters. The molecule has 106 valence electrons. The van der Waals surface area contributed by atoms with E-state index < -0.39 is 17.1 Å². The molecule has 0 aromatic heterocycles. The zero-order chi connectivity index (χ0) is 13.8. The lowest BCUT2D eigenvalue weighted by molar-refractivity contribution is -0.148. The summed E-state index contributed by atoms with van der Waals surface area (Å²) in [5.74, 6) is -0.793. The minimum Gasteiger partial charge on any atom is -0.480 e. The second kappa shape index (κ2) is 6.02. The Morgan fingerprint density at radius 1 is 1.28 bits per heavy atom. The number of nitrogens with one attached hydrogen (secondary N) is 1. The molecule has 18 heavy (non-hydrogen) atoms. The summed E-state index contributed by atoms with van der Waals surface area (Å²) < 4.78 is 5.37. The molecule has 0 spiro atoms. The van der Waals surface area contributed by atoms with E-state index in [0.29, 0.717) is 12.5 Å². The van der Waals surface area contributed by atoms with Gasteiger partial charge in [-0.15, -0.1) is 0 Å². The van der Waals surface area contributed by atoms with Crippen molar-refractivity contribution < 1.29 is 14.6 Å². The van der Waals surface area contributed by atoms with Gasteiger partial charge < -0.3 is 9.84 Å². The fourth-order valence-corrected chi connectivity index (χ4v) is 2.81. The van der Waals surface area contributed by atoms with Crippen molar-refractivity contribution in [2.24, 2.45) is 0 Å². The molecule has 4 heteroatoms. The van der Waals surface area contributed by atoms with Crippen LogP contribution in [0.4, 0.5) is 0 Å². The van der Waals surface area contributed by atoms with Crippen LogP contribution >= 0.6 is 0 Å². The van der Waals surface area contributed by atoms with Crippen LogP contribution in [-0.4, -0.2) is 35.4 Å². The molecule has 0 aliphatic heterocycles. The van der Waals surface area contributed by atoms with Gasteiger partial charge in [-0.25, -0.2) is 0 Å². The van der Waals surface area contributed by atoms with Gasteiger partial charge in [0.25, 0.3) is 0 Å². The molecular weight excluding hydrogens is 230 g/mol. The van der Waals surface area contributed by atoms with Gasteiger partial charge in [0.1, 0.15) is 5.54 Å². The highest BCUT2D eigenvalue weighted by atomic mass is 16.5. The maximum absolute atomic E-state index is 11.6. The molecule has 0 aromatic carbocycles. The lowest BCUT2D eigenvalue weighted by Gasteiger charge is -2.38. The van der Waals surface area contributed by atoms with Crippen LogP contribution in [0.25, 0.3) is 0 Å². The van der Waals surface area contributed by atoms with E-state index in [1.165, 1.54) is 19.3 Å². The van der Waals surface area contributed by atoms with Gasteiger partial charge in [-0.2, -0.15) is 0 Å². The molecule has 1 fully saturated rings. The number of ether oxygens (including phenoxy) is 1. The first-order valence-corrected chi connectivity index (χ1v) is 6.85. The van der Waals surface area contributed by atoms with E-state index in [1.54, 1.807) is 14.0 Å². The Labute approximate surface area is 110 Å². The van der Waals surface area contributed by atoms with Crippen molar-refractivity contribution >= 4 is 5.97 Å². The van der Waals surface area contributed by atoms with Crippen LogP contribution < -0.4 is 5.32 Å². The summed E-state index contributed by atoms with van der Waals surface area (Å²) in [7, 11) is 1.63. The first-order chi connectivity index (χ1) is 8.29. The predicted octanol–water partition coefficient (Wildman–Crippen LogP) is 2.57. The third-order valence-electron chi connectivity index (χ3n) is 3.93. The van der Waals surface area contributed by atoms with Crippen molar-refractivity contribution in [3.05, 3.63) is 0 Å². The third kappa shape index (κ3) is 4.25. The Bertz CT molecular complexity index is 285. The van der Waals surface area contributed by atoms with E-state index >= 15 is 0 Å². The molecule has 1 aliphatic rings. The van der Waals surface area contributed by atoms with E-state index in [1.807, 2.05) is 13.8 Å². The van der Waals surface area contributed by atoms with Crippen molar-refractivity contribution in [3.8, 4) is 0 Å². The van der Waals surface area contributed by atoms with Gasteiger partial charge in [-0.05, 0) is 33.6 Å². The van der Waals surface area contributed by atoms with E-state index in [2.05, 4.69) is 5.32 Å². The van der Waals surface area contributed by atoms with Gasteiger partial charge >= 0.3 is 5.97 Å². The van der Waals surface area contributed by atoms with Gasteiger partial charge in [0.05, 0.1) is 5.60 Å². The number of hydrogen-bond donors (Lipinski definition) is 2. The molecule has 1 saturated carbocycles. The monoisotopic (exact) mass is 257 g/mol. The van der Waals surface area contributed by atoms with Crippen LogP contribution in [0, 0.1) is 0 Å². The summed E-state index contributed by atoms with van der Waals surface area (Å²) in [5, 5.41) is 12.8. The van der Waals surface area contributed by atoms with E-state index in [-0.39, 0.29) is 0 Å². The van der Waals surface area contributed by atoms with Crippen molar-refractivity contribution in [1.82, 2.24) is 5.32 Å². The number of carboxylic acid groups (broad SMARTS) is 1. The molecule has 0 radical (unpaired) electrons.